The molecule has 154 valence electrons. The van der Waals surface area contributed by atoms with Crippen molar-refractivity contribution in [1.29, 1.82) is 0 Å². The normalized spacial score (nSPS) is 15.9. The molecule has 1 saturated heterocycles. The number of hydrogen-bond donors (Lipinski definition) is 3. The third-order valence-corrected chi connectivity index (χ3v) is 5.93. The highest BCUT2D eigenvalue weighted by Gasteiger charge is 2.25. The largest absolute Gasteiger partial charge is 0.481 e. The number of nitrogens with zero attached hydrogens (tertiary/aromatic N) is 4. The van der Waals surface area contributed by atoms with Crippen LogP contribution in [-0.4, -0.2) is 57.5 Å². The first kappa shape index (κ1) is 20.7. The first-order valence-corrected chi connectivity index (χ1v) is 11.1. The van der Waals surface area contributed by atoms with E-state index in [1.807, 2.05) is 4.90 Å². The summed E-state index contributed by atoms with van der Waals surface area (Å²) in [5.74, 6) is 1.21. The van der Waals surface area contributed by atoms with Gasteiger partial charge in [-0.15, -0.1) is 0 Å². The molecule has 4 N–H and O–H groups in total. The Labute approximate surface area is 162 Å². The maximum absolute atomic E-state index is 12.9. The van der Waals surface area contributed by atoms with Gasteiger partial charge in [-0.05, 0) is 25.2 Å². The molecule has 0 radical (unpaired) electrons. The molecule has 0 amide bonds. The average molecular weight is 411 g/mol. The third kappa shape index (κ3) is 4.70. The van der Waals surface area contributed by atoms with Gasteiger partial charge in [0.1, 0.15) is 5.82 Å². The van der Waals surface area contributed by atoms with Crippen LogP contribution in [0.4, 0.5) is 5.82 Å². The van der Waals surface area contributed by atoms with E-state index in [-0.39, 0.29) is 17.6 Å². The number of methoxy groups -OCH3 is 1. The summed E-state index contributed by atoms with van der Waals surface area (Å²) in [5.41, 5.74) is 5.33. The van der Waals surface area contributed by atoms with Crippen molar-refractivity contribution in [3.05, 3.63) is 22.6 Å². The van der Waals surface area contributed by atoms with Gasteiger partial charge in [0, 0.05) is 31.1 Å². The zero-order valence-corrected chi connectivity index (χ0v) is 16.7. The molecule has 2 aromatic heterocycles. The lowest BCUT2D eigenvalue weighted by Crippen LogP contribution is -2.36. The third-order valence-electron chi connectivity index (χ3n) is 5.08. The van der Waals surface area contributed by atoms with Crippen molar-refractivity contribution in [1.82, 2.24) is 14.8 Å². The number of nitrogens with two attached hydrogens (primary N) is 1. The van der Waals surface area contributed by atoms with Crippen molar-refractivity contribution in [3.8, 4) is 5.88 Å². The van der Waals surface area contributed by atoms with Gasteiger partial charge in [0.25, 0.3) is 5.56 Å². The second kappa shape index (κ2) is 8.57. The Hall–Kier alpha value is -2.00. The van der Waals surface area contributed by atoms with Crippen molar-refractivity contribution in [3.63, 3.8) is 0 Å². The van der Waals surface area contributed by atoms with E-state index >= 15 is 0 Å². The van der Waals surface area contributed by atoms with Gasteiger partial charge in [-0.1, -0.05) is 0 Å². The highest BCUT2D eigenvalue weighted by atomic mass is 31.2. The van der Waals surface area contributed by atoms with Crippen LogP contribution < -0.4 is 20.9 Å². The van der Waals surface area contributed by atoms with Crippen LogP contribution in [0.5, 0.6) is 5.88 Å². The van der Waals surface area contributed by atoms with E-state index in [1.165, 1.54) is 11.8 Å². The first-order chi connectivity index (χ1) is 13.3. The Morgan fingerprint density at radius 2 is 2.07 bits per heavy atom. The molecule has 3 rings (SSSR count). The number of hydrogen-bond acceptors (Lipinski definition) is 7. The SMILES string of the molecule is COc1cc2cnn(CCN)c(=O)c2c(N2CCC(CCP(=O)(O)O)CC2)n1. The lowest BCUT2D eigenvalue weighted by Gasteiger charge is -2.33. The second-order valence-electron chi connectivity index (χ2n) is 7.02. The Morgan fingerprint density at radius 1 is 1.36 bits per heavy atom. The summed E-state index contributed by atoms with van der Waals surface area (Å²) in [6.07, 6.45) is 3.59. The summed E-state index contributed by atoms with van der Waals surface area (Å²) in [5, 5.41) is 5.31. The highest BCUT2D eigenvalue weighted by molar-refractivity contribution is 7.51. The molecule has 1 aliphatic rings. The van der Waals surface area contributed by atoms with Gasteiger partial charge >= 0.3 is 7.60 Å². The minimum absolute atomic E-state index is 0.0898. The fourth-order valence-electron chi connectivity index (χ4n) is 3.56. The van der Waals surface area contributed by atoms with E-state index in [4.69, 9.17) is 20.3 Å². The van der Waals surface area contributed by atoms with Gasteiger partial charge in [-0.3, -0.25) is 9.36 Å². The monoisotopic (exact) mass is 411 g/mol. The fraction of sp³-hybridized carbons (Fsp3) is 0.588. The van der Waals surface area contributed by atoms with E-state index in [1.54, 1.807) is 12.3 Å². The molecule has 0 unspecified atom stereocenters. The van der Waals surface area contributed by atoms with Crippen LogP contribution >= 0.6 is 7.60 Å². The lowest BCUT2D eigenvalue weighted by molar-refractivity contribution is 0.350. The predicted molar refractivity (Wildman–Crippen MR) is 106 cm³/mol. The second-order valence-corrected chi connectivity index (χ2v) is 8.80. The number of anilines is 1. The molecule has 0 bridgehead atoms. The molecule has 1 fully saturated rings. The van der Waals surface area contributed by atoms with Gasteiger partial charge in [0.2, 0.25) is 5.88 Å². The number of rotatable bonds is 7. The summed E-state index contributed by atoms with van der Waals surface area (Å²) < 4.78 is 17.7. The summed E-state index contributed by atoms with van der Waals surface area (Å²) in [7, 11) is -2.45. The van der Waals surface area contributed by atoms with Crippen molar-refractivity contribution in [2.45, 2.75) is 25.8 Å². The minimum Gasteiger partial charge on any atom is -0.481 e. The van der Waals surface area contributed by atoms with Crippen LogP contribution in [0.1, 0.15) is 19.3 Å². The van der Waals surface area contributed by atoms with Crippen LogP contribution in [0.25, 0.3) is 10.8 Å². The standard InChI is InChI=1S/C17H26N5O5P/c1-27-14-10-13-11-19-22(8-5-18)17(23)15(13)16(20-14)21-6-2-12(3-7-21)4-9-28(24,25)26/h10-12H,2-9,18H2,1H3,(H2,24,25,26). The Morgan fingerprint density at radius 3 is 2.68 bits per heavy atom. The Bertz CT molecular complexity index is 935. The Balaban J connectivity index is 1.89. The number of pyridine rings is 1. The van der Waals surface area contributed by atoms with E-state index in [2.05, 4.69) is 10.1 Å². The molecule has 0 aromatic carbocycles. The summed E-state index contributed by atoms with van der Waals surface area (Å²) in [6, 6.07) is 1.69. The van der Waals surface area contributed by atoms with Crippen molar-refractivity contribution in [2.24, 2.45) is 11.7 Å². The van der Waals surface area contributed by atoms with Gasteiger partial charge in [0.05, 0.1) is 31.4 Å². The first-order valence-electron chi connectivity index (χ1n) is 9.27. The molecule has 0 spiro atoms. The Kier molecular flexibility index (Phi) is 6.34. The van der Waals surface area contributed by atoms with Crippen LogP contribution in [0, 0.1) is 5.92 Å². The molecule has 2 aromatic rings. The average Bonchev–Trinajstić information content (AvgIpc) is 2.67. The summed E-state index contributed by atoms with van der Waals surface area (Å²) in [6.45, 7) is 1.94. The molecule has 0 aliphatic carbocycles. The number of aromatic nitrogens is 3. The van der Waals surface area contributed by atoms with E-state index in [0.29, 0.717) is 55.1 Å². The van der Waals surface area contributed by atoms with E-state index in [0.717, 1.165) is 12.8 Å². The van der Waals surface area contributed by atoms with Crippen LogP contribution in [-0.2, 0) is 11.1 Å². The molecule has 0 saturated carbocycles. The lowest BCUT2D eigenvalue weighted by atomic mass is 9.94. The maximum atomic E-state index is 12.9. The smallest absolute Gasteiger partial charge is 0.325 e. The molecule has 0 atom stereocenters. The number of ether oxygens (including phenoxy) is 1. The van der Waals surface area contributed by atoms with E-state index < -0.39 is 7.60 Å². The van der Waals surface area contributed by atoms with Crippen LogP contribution in [0.3, 0.4) is 0 Å². The van der Waals surface area contributed by atoms with Crippen molar-refractivity contribution < 1.29 is 19.1 Å². The molecule has 11 heteroatoms. The number of piperidine rings is 1. The van der Waals surface area contributed by atoms with Crippen molar-refractivity contribution >= 4 is 24.2 Å². The molecular weight excluding hydrogens is 385 g/mol. The molecule has 3 heterocycles. The van der Waals surface area contributed by atoms with Gasteiger partial charge in [-0.2, -0.15) is 10.1 Å². The van der Waals surface area contributed by atoms with Gasteiger partial charge in [0.15, 0.2) is 0 Å². The summed E-state index contributed by atoms with van der Waals surface area (Å²) >= 11 is 0. The minimum atomic E-state index is -3.97. The van der Waals surface area contributed by atoms with Crippen molar-refractivity contribution in [2.75, 3.05) is 37.8 Å². The molecular formula is C17H26N5O5P. The zero-order valence-electron chi connectivity index (χ0n) is 15.8. The molecule has 1 aliphatic heterocycles. The predicted octanol–water partition coefficient (Wildman–Crippen LogP) is 0.543. The number of fused-ring (bicyclic) bond motifs is 1. The quantitative estimate of drug-likeness (QED) is 0.556. The topological polar surface area (TPSA) is 144 Å². The fourth-order valence-corrected chi connectivity index (χ4v) is 4.26. The summed E-state index contributed by atoms with van der Waals surface area (Å²) in [4.78, 5) is 37.6. The van der Waals surface area contributed by atoms with Crippen LogP contribution in [0.15, 0.2) is 17.1 Å². The van der Waals surface area contributed by atoms with Gasteiger partial charge in [-0.25, -0.2) is 4.68 Å². The molecule has 28 heavy (non-hydrogen) atoms. The zero-order chi connectivity index (χ0) is 20.3. The van der Waals surface area contributed by atoms with E-state index in [9.17, 15) is 9.36 Å². The highest BCUT2D eigenvalue weighted by Crippen LogP contribution is 2.38. The van der Waals surface area contributed by atoms with Gasteiger partial charge < -0.3 is 25.2 Å². The maximum Gasteiger partial charge on any atom is 0.325 e. The molecule has 10 nitrogen and oxygen atoms in total. The van der Waals surface area contributed by atoms with Crippen LogP contribution in [0.2, 0.25) is 0 Å².